The first kappa shape index (κ1) is 15.2. The van der Waals surface area contributed by atoms with Crippen molar-refractivity contribution >= 4 is 11.8 Å². The average Bonchev–Trinajstić information content (AvgIpc) is 3.14. The molecular formula is C16H19N5O2. The summed E-state index contributed by atoms with van der Waals surface area (Å²) in [5.41, 5.74) is 0.984. The predicted octanol–water partition coefficient (Wildman–Crippen LogP) is 1.09. The van der Waals surface area contributed by atoms with Crippen LogP contribution in [0.15, 0.2) is 37.1 Å². The Morgan fingerprint density at radius 1 is 1.39 bits per heavy atom. The minimum atomic E-state index is -0.229. The van der Waals surface area contributed by atoms with Crippen LogP contribution < -0.4 is 5.32 Å². The third-order valence-corrected chi connectivity index (χ3v) is 4.00. The summed E-state index contributed by atoms with van der Waals surface area (Å²) < 4.78 is 0. The van der Waals surface area contributed by atoms with E-state index in [4.69, 9.17) is 0 Å². The predicted molar refractivity (Wildman–Crippen MR) is 83.8 cm³/mol. The van der Waals surface area contributed by atoms with Gasteiger partial charge in [0.05, 0.1) is 11.8 Å². The van der Waals surface area contributed by atoms with Crippen LogP contribution in [0, 0.1) is 5.92 Å². The van der Waals surface area contributed by atoms with Gasteiger partial charge in [-0.2, -0.15) is 0 Å². The van der Waals surface area contributed by atoms with E-state index < -0.39 is 0 Å². The molecule has 1 aliphatic heterocycles. The van der Waals surface area contributed by atoms with Crippen molar-refractivity contribution in [3.63, 3.8) is 0 Å². The van der Waals surface area contributed by atoms with Crippen molar-refractivity contribution in [2.24, 2.45) is 5.92 Å². The quantitative estimate of drug-likeness (QED) is 0.884. The van der Waals surface area contributed by atoms with Crippen molar-refractivity contribution in [3.05, 3.63) is 48.3 Å². The lowest BCUT2D eigenvalue weighted by atomic mass is 9.97. The van der Waals surface area contributed by atoms with Gasteiger partial charge in [-0.15, -0.1) is 0 Å². The normalized spacial score (nSPS) is 17.7. The number of hydrogen-bond donors (Lipinski definition) is 2. The van der Waals surface area contributed by atoms with Crippen LogP contribution in [-0.4, -0.2) is 51.3 Å². The monoisotopic (exact) mass is 313 g/mol. The number of carbonyl (C=O) groups is 2. The van der Waals surface area contributed by atoms with Gasteiger partial charge in [-0.1, -0.05) is 0 Å². The SMILES string of the molecule is O=C(NCC1CCCN(C(=O)c2cc[nH]c2)C1)c1cnccn1. The highest BCUT2D eigenvalue weighted by molar-refractivity contribution is 5.94. The van der Waals surface area contributed by atoms with Gasteiger partial charge < -0.3 is 15.2 Å². The van der Waals surface area contributed by atoms with E-state index in [0.717, 1.165) is 19.4 Å². The molecule has 0 saturated carbocycles. The second kappa shape index (κ2) is 7.04. The molecule has 2 amide bonds. The standard InChI is InChI=1S/C16H19N5O2/c22-15(14-10-18-5-6-19-14)20-8-12-2-1-7-21(11-12)16(23)13-3-4-17-9-13/h3-6,9-10,12,17H,1-2,7-8,11H2,(H,20,22). The molecule has 2 aromatic rings. The summed E-state index contributed by atoms with van der Waals surface area (Å²) in [5, 5.41) is 2.88. The Kier molecular flexibility index (Phi) is 4.65. The number of rotatable bonds is 4. The topological polar surface area (TPSA) is 91.0 Å². The third kappa shape index (κ3) is 3.74. The van der Waals surface area contributed by atoms with Crippen LogP contribution in [0.2, 0.25) is 0 Å². The molecular weight excluding hydrogens is 294 g/mol. The van der Waals surface area contributed by atoms with Crippen molar-refractivity contribution in [2.45, 2.75) is 12.8 Å². The van der Waals surface area contributed by atoms with Crippen LogP contribution in [-0.2, 0) is 0 Å². The molecule has 7 heteroatoms. The van der Waals surface area contributed by atoms with Crippen molar-refractivity contribution in [2.75, 3.05) is 19.6 Å². The molecule has 2 aromatic heterocycles. The Hall–Kier alpha value is -2.70. The molecule has 3 heterocycles. The Bertz CT molecular complexity index is 656. The Labute approximate surface area is 134 Å². The summed E-state index contributed by atoms with van der Waals surface area (Å²) >= 11 is 0. The molecule has 0 radical (unpaired) electrons. The summed E-state index contributed by atoms with van der Waals surface area (Å²) in [4.78, 5) is 37.0. The summed E-state index contributed by atoms with van der Waals surface area (Å²) in [7, 11) is 0. The van der Waals surface area contributed by atoms with E-state index in [1.807, 2.05) is 4.90 Å². The van der Waals surface area contributed by atoms with Crippen molar-refractivity contribution in [3.8, 4) is 0 Å². The molecule has 1 aliphatic rings. The molecule has 2 N–H and O–H groups in total. The summed E-state index contributed by atoms with van der Waals surface area (Å²) in [6, 6.07) is 1.78. The second-order valence-corrected chi connectivity index (χ2v) is 5.66. The fourth-order valence-corrected chi connectivity index (χ4v) is 2.80. The second-order valence-electron chi connectivity index (χ2n) is 5.66. The number of aromatic nitrogens is 3. The number of aromatic amines is 1. The maximum Gasteiger partial charge on any atom is 0.271 e. The van der Waals surface area contributed by atoms with Crippen LogP contribution in [0.1, 0.15) is 33.7 Å². The van der Waals surface area contributed by atoms with Crippen LogP contribution in [0.3, 0.4) is 0 Å². The highest BCUT2D eigenvalue weighted by atomic mass is 16.2. The molecule has 0 aromatic carbocycles. The summed E-state index contributed by atoms with van der Waals surface area (Å²) in [6.07, 6.45) is 9.87. The largest absolute Gasteiger partial charge is 0.367 e. The van der Waals surface area contributed by atoms with E-state index in [9.17, 15) is 9.59 Å². The lowest BCUT2D eigenvalue weighted by Crippen LogP contribution is -2.43. The van der Waals surface area contributed by atoms with Gasteiger partial charge in [0.1, 0.15) is 5.69 Å². The maximum atomic E-state index is 12.4. The molecule has 0 aliphatic carbocycles. The fraction of sp³-hybridized carbons (Fsp3) is 0.375. The van der Waals surface area contributed by atoms with E-state index in [-0.39, 0.29) is 17.7 Å². The molecule has 3 rings (SSSR count). The number of nitrogens with zero attached hydrogens (tertiary/aromatic N) is 3. The lowest BCUT2D eigenvalue weighted by Gasteiger charge is -2.32. The average molecular weight is 313 g/mol. The van der Waals surface area contributed by atoms with Gasteiger partial charge in [0.25, 0.3) is 11.8 Å². The van der Waals surface area contributed by atoms with E-state index in [1.165, 1.54) is 18.6 Å². The number of piperidine rings is 1. The van der Waals surface area contributed by atoms with Crippen molar-refractivity contribution < 1.29 is 9.59 Å². The van der Waals surface area contributed by atoms with Crippen LogP contribution in [0.25, 0.3) is 0 Å². The number of H-pyrrole nitrogens is 1. The highest BCUT2D eigenvalue weighted by Crippen LogP contribution is 2.18. The first-order chi connectivity index (χ1) is 11.2. The van der Waals surface area contributed by atoms with Crippen LogP contribution in [0.5, 0.6) is 0 Å². The van der Waals surface area contributed by atoms with E-state index >= 15 is 0 Å². The minimum absolute atomic E-state index is 0.0382. The molecule has 0 bridgehead atoms. The summed E-state index contributed by atoms with van der Waals surface area (Å²) in [5.74, 6) is 0.0654. The number of hydrogen-bond acceptors (Lipinski definition) is 4. The Morgan fingerprint density at radius 3 is 3.04 bits per heavy atom. The zero-order chi connectivity index (χ0) is 16.1. The molecule has 1 atom stereocenters. The van der Waals surface area contributed by atoms with E-state index in [0.29, 0.717) is 24.3 Å². The smallest absolute Gasteiger partial charge is 0.271 e. The molecule has 1 fully saturated rings. The van der Waals surface area contributed by atoms with Crippen LogP contribution >= 0.6 is 0 Å². The van der Waals surface area contributed by atoms with E-state index in [1.54, 1.807) is 18.5 Å². The van der Waals surface area contributed by atoms with Gasteiger partial charge in [0.15, 0.2) is 0 Å². The third-order valence-electron chi connectivity index (χ3n) is 4.00. The molecule has 1 saturated heterocycles. The first-order valence-electron chi connectivity index (χ1n) is 7.70. The lowest BCUT2D eigenvalue weighted by molar-refractivity contribution is 0.0671. The molecule has 0 spiro atoms. The van der Waals surface area contributed by atoms with Crippen molar-refractivity contribution in [1.82, 2.24) is 25.2 Å². The molecule has 120 valence electrons. The number of likely N-dealkylation sites (tertiary alicyclic amines) is 1. The van der Waals surface area contributed by atoms with Crippen molar-refractivity contribution in [1.29, 1.82) is 0 Å². The number of amides is 2. The van der Waals surface area contributed by atoms with Gasteiger partial charge in [0, 0.05) is 44.4 Å². The molecule has 1 unspecified atom stereocenters. The Morgan fingerprint density at radius 2 is 2.30 bits per heavy atom. The molecule has 7 nitrogen and oxygen atoms in total. The van der Waals surface area contributed by atoms with Gasteiger partial charge in [-0.3, -0.25) is 14.6 Å². The maximum absolute atomic E-state index is 12.4. The first-order valence-corrected chi connectivity index (χ1v) is 7.70. The zero-order valence-corrected chi connectivity index (χ0v) is 12.7. The Balaban J connectivity index is 1.53. The zero-order valence-electron chi connectivity index (χ0n) is 12.7. The van der Waals surface area contributed by atoms with Crippen LogP contribution in [0.4, 0.5) is 0 Å². The van der Waals surface area contributed by atoms with Gasteiger partial charge in [-0.05, 0) is 24.8 Å². The van der Waals surface area contributed by atoms with E-state index in [2.05, 4.69) is 20.3 Å². The fourth-order valence-electron chi connectivity index (χ4n) is 2.80. The number of nitrogens with one attached hydrogen (secondary N) is 2. The molecule has 23 heavy (non-hydrogen) atoms. The highest BCUT2D eigenvalue weighted by Gasteiger charge is 2.25. The number of carbonyl (C=O) groups excluding carboxylic acids is 2. The summed E-state index contributed by atoms with van der Waals surface area (Å²) in [6.45, 7) is 1.95. The van der Waals surface area contributed by atoms with Gasteiger partial charge in [0.2, 0.25) is 0 Å². The minimum Gasteiger partial charge on any atom is -0.367 e. The van der Waals surface area contributed by atoms with Gasteiger partial charge >= 0.3 is 0 Å². The van der Waals surface area contributed by atoms with Gasteiger partial charge in [-0.25, -0.2) is 4.98 Å².